The predicted octanol–water partition coefficient (Wildman–Crippen LogP) is 11.8. The van der Waals surface area contributed by atoms with Gasteiger partial charge in [0.15, 0.2) is 23.3 Å². The highest BCUT2D eigenvalue weighted by Crippen LogP contribution is 2.56. The highest BCUT2D eigenvalue weighted by molar-refractivity contribution is 5.69. The SMILES string of the molecule is COc1ccc(C(c2ccc(Oc3c(F)c(F)c(-c4c(F)c(F)c(Oc5cccc(C)c5)c(F)c4F)c(F)c3F)cc2)(C(F)(F)F)C(F)(F)F)cc1. The maximum absolute atomic E-state index is 15.2. The largest absolute Gasteiger partial charge is 0.497 e. The third-order valence-corrected chi connectivity index (χ3v) is 7.79. The molecule has 274 valence electrons. The standard InChI is InChI=1S/C35H18F14O3/c1-15-4-3-5-20(14-15)52-32-29(42)25(38)22(26(39)30(32)43)21-23(36)27(40)31(28(41)24(21)37)51-19-12-8-17(9-13-19)33(34(44,45)46,35(47,48)49)16-6-10-18(50-2)11-7-16/h3-14H,1-2H3. The second-order valence-corrected chi connectivity index (χ2v) is 10.9. The molecule has 0 amide bonds. The van der Waals surface area contributed by atoms with Crippen LogP contribution in [0.2, 0.25) is 0 Å². The molecule has 0 aliphatic carbocycles. The van der Waals surface area contributed by atoms with Gasteiger partial charge in [-0.05, 0) is 60.0 Å². The van der Waals surface area contributed by atoms with Gasteiger partial charge in [0.1, 0.15) is 17.2 Å². The van der Waals surface area contributed by atoms with E-state index in [1.165, 1.54) is 25.1 Å². The number of hydrogen-bond donors (Lipinski definition) is 0. The van der Waals surface area contributed by atoms with Gasteiger partial charge in [0.25, 0.3) is 0 Å². The monoisotopic (exact) mass is 752 g/mol. The fourth-order valence-electron chi connectivity index (χ4n) is 5.35. The summed E-state index contributed by atoms with van der Waals surface area (Å²) in [5.74, 6) is -25.3. The first-order valence-electron chi connectivity index (χ1n) is 14.3. The van der Waals surface area contributed by atoms with Crippen LogP contribution in [0.1, 0.15) is 16.7 Å². The minimum Gasteiger partial charge on any atom is -0.497 e. The van der Waals surface area contributed by atoms with Crippen molar-refractivity contribution < 1.29 is 75.7 Å². The molecule has 17 heteroatoms. The Kier molecular flexibility index (Phi) is 9.86. The Labute approximate surface area is 283 Å². The molecule has 0 N–H and O–H groups in total. The fourth-order valence-corrected chi connectivity index (χ4v) is 5.35. The van der Waals surface area contributed by atoms with Crippen LogP contribution >= 0.6 is 0 Å². The lowest BCUT2D eigenvalue weighted by Crippen LogP contribution is -2.54. The Hall–Kier alpha value is -5.48. The van der Waals surface area contributed by atoms with Crippen LogP contribution in [0, 0.1) is 53.5 Å². The molecule has 0 saturated heterocycles. The molecule has 0 saturated carbocycles. The minimum absolute atomic E-state index is 0.0785. The van der Waals surface area contributed by atoms with Crippen molar-refractivity contribution in [1.82, 2.24) is 0 Å². The summed E-state index contributed by atoms with van der Waals surface area (Å²) in [7, 11) is 1.11. The van der Waals surface area contributed by atoms with Crippen LogP contribution in [0.25, 0.3) is 11.1 Å². The van der Waals surface area contributed by atoms with Crippen LogP contribution in [-0.2, 0) is 5.41 Å². The molecule has 5 rings (SSSR count). The van der Waals surface area contributed by atoms with Crippen molar-refractivity contribution in [3.63, 3.8) is 0 Å². The van der Waals surface area contributed by atoms with Crippen LogP contribution in [0.15, 0.2) is 72.8 Å². The number of rotatable bonds is 8. The summed E-state index contributed by atoms with van der Waals surface area (Å²) in [6, 6.07) is 9.04. The maximum Gasteiger partial charge on any atom is 0.411 e. The molecule has 52 heavy (non-hydrogen) atoms. The Bertz CT molecular complexity index is 2070. The van der Waals surface area contributed by atoms with Crippen molar-refractivity contribution in [2.45, 2.75) is 24.7 Å². The van der Waals surface area contributed by atoms with Crippen molar-refractivity contribution in [2.75, 3.05) is 7.11 Å². The van der Waals surface area contributed by atoms with Crippen LogP contribution in [0.3, 0.4) is 0 Å². The van der Waals surface area contributed by atoms with E-state index in [0.717, 1.165) is 25.3 Å². The molecule has 0 bridgehead atoms. The molecule has 0 heterocycles. The lowest BCUT2D eigenvalue weighted by atomic mass is 9.73. The van der Waals surface area contributed by atoms with Gasteiger partial charge in [-0.15, -0.1) is 0 Å². The van der Waals surface area contributed by atoms with E-state index in [2.05, 4.69) is 0 Å². The molecule has 0 fully saturated rings. The topological polar surface area (TPSA) is 27.7 Å². The summed E-state index contributed by atoms with van der Waals surface area (Å²) < 4.78 is 221. The first-order chi connectivity index (χ1) is 24.3. The van der Waals surface area contributed by atoms with Crippen molar-refractivity contribution in [2.24, 2.45) is 0 Å². The van der Waals surface area contributed by atoms with Gasteiger partial charge in [-0.2, -0.15) is 43.9 Å². The quantitative estimate of drug-likeness (QED) is 0.117. The first-order valence-corrected chi connectivity index (χ1v) is 14.3. The lowest BCUT2D eigenvalue weighted by Gasteiger charge is -2.38. The van der Waals surface area contributed by atoms with E-state index in [0.29, 0.717) is 29.8 Å². The molecular formula is C35H18F14O3. The van der Waals surface area contributed by atoms with Gasteiger partial charge in [-0.3, -0.25) is 0 Å². The predicted molar refractivity (Wildman–Crippen MR) is 155 cm³/mol. The minimum atomic E-state index is -6.04. The zero-order valence-electron chi connectivity index (χ0n) is 25.9. The molecule has 0 unspecified atom stereocenters. The fraction of sp³-hybridized carbons (Fsp3) is 0.143. The summed E-state index contributed by atoms with van der Waals surface area (Å²) in [6.45, 7) is 1.52. The van der Waals surface area contributed by atoms with E-state index in [4.69, 9.17) is 14.2 Å². The number of aryl methyl sites for hydroxylation is 1. The smallest absolute Gasteiger partial charge is 0.411 e. The van der Waals surface area contributed by atoms with E-state index >= 15 is 26.3 Å². The number of benzene rings is 5. The second-order valence-electron chi connectivity index (χ2n) is 10.9. The molecule has 0 atom stereocenters. The molecule has 0 spiro atoms. The van der Waals surface area contributed by atoms with Gasteiger partial charge in [-0.1, -0.05) is 36.4 Å². The summed E-state index contributed by atoms with van der Waals surface area (Å²) in [4.78, 5) is 0. The van der Waals surface area contributed by atoms with E-state index < -0.39 is 104 Å². The molecule has 5 aromatic carbocycles. The first kappa shape index (κ1) is 37.8. The van der Waals surface area contributed by atoms with Gasteiger partial charge in [0.2, 0.25) is 40.2 Å². The van der Waals surface area contributed by atoms with Gasteiger partial charge in [0.05, 0.1) is 18.2 Å². The number of methoxy groups -OCH3 is 1. The zero-order valence-corrected chi connectivity index (χ0v) is 25.9. The molecule has 0 radical (unpaired) electrons. The molecule has 0 aromatic heterocycles. The van der Waals surface area contributed by atoms with Crippen LogP contribution in [0.4, 0.5) is 61.5 Å². The Balaban J connectivity index is 1.57. The maximum atomic E-state index is 15.2. The van der Waals surface area contributed by atoms with Gasteiger partial charge < -0.3 is 14.2 Å². The Morgan fingerprint density at radius 1 is 0.442 bits per heavy atom. The third-order valence-electron chi connectivity index (χ3n) is 7.79. The molecular weight excluding hydrogens is 734 g/mol. The lowest BCUT2D eigenvalue weighted by molar-refractivity contribution is -0.288. The van der Waals surface area contributed by atoms with E-state index in [1.807, 2.05) is 0 Å². The van der Waals surface area contributed by atoms with Crippen molar-refractivity contribution in [3.8, 4) is 39.9 Å². The van der Waals surface area contributed by atoms with Crippen LogP contribution in [-0.4, -0.2) is 19.5 Å². The van der Waals surface area contributed by atoms with Crippen molar-refractivity contribution in [1.29, 1.82) is 0 Å². The number of alkyl halides is 6. The second kappa shape index (κ2) is 13.6. The Morgan fingerprint density at radius 2 is 0.808 bits per heavy atom. The highest BCUT2D eigenvalue weighted by atomic mass is 19.4. The molecule has 3 nitrogen and oxygen atoms in total. The van der Waals surface area contributed by atoms with E-state index in [-0.39, 0.29) is 23.6 Å². The third kappa shape index (κ3) is 6.21. The van der Waals surface area contributed by atoms with Crippen molar-refractivity contribution >= 4 is 0 Å². The van der Waals surface area contributed by atoms with Crippen molar-refractivity contribution in [3.05, 3.63) is 136 Å². The van der Waals surface area contributed by atoms with Gasteiger partial charge in [-0.25, -0.2) is 17.6 Å². The molecule has 5 aromatic rings. The summed E-state index contributed by atoms with van der Waals surface area (Å²) in [5, 5.41) is 0. The molecule has 0 aliphatic heterocycles. The van der Waals surface area contributed by atoms with Gasteiger partial charge >= 0.3 is 12.4 Å². The van der Waals surface area contributed by atoms with Gasteiger partial charge in [0, 0.05) is 0 Å². The average Bonchev–Trinajstić information content (AvgIpc) is 3.08. The molecule has 0 aliphatic rings. The van der Waals surface area contributed by atoms with Crippen LogP contribution < -0.4 is 14.2 Å². The average molecular weight is 752 g/mol. The van der Waals surface area contributed by atoms with E-state index in [9.17, 15) is 35.1 Å². The number of hydrogen-bond acceptors (Lipinski definition) is 3. The summed E-state index contributed by atoms with van der Waals surface area (Å²) in [6.07, 6.45) is -12.1. The zero-order chi connectivity index (χ0) is 38.5. The highest BCUT2D eigenvalue weighted by Gasteiger charge is 2.72. The normalized spacial score (nSPS) is 12.2. The number of halogens is 14. The van der Waals surface area contributed by atoms with Crippen LogP contribution in [0.5, 0.6) is 28.7 Å². The van der Waals surface area contributed by atoms with E-state index in [1.54, 1.807) is 0 Å². The summed E-state index contributed by atoms with van der Waals surface area (Å²) in [5.41, 5.74) is -11.5. The number of ether oxygens (including phenoxy) is 3. The summed E-state index contributed by atoms with van der Waals surface area (Å²) >= 11 is 0. The Morgan fingerprint density at radius 3 is 1.15 bits per heavy atom.